The molecule has 0 spiro atoms. The van der Waals surface area contributed by atoms with Crippen LogP contribution in [0.5, 0.6) is 0 Å². The van der Waals surface area contributed by atoms with Gasteiger partial charge in [-0.15, -0.1) is 0 Å². The lowest BCUT2D eigenvalue weighted by molar-refractivity contribution is -0.180. The van der Waals surface area contributed by atoms with Gasteiger partial charge in [-0.2, -0.15) is 0 Å². The highest BCUT2D eigenvalue weighted by Crippen LogP contribution is 2.34. The number of piperidine rings is 2. The number of carbonyl (C=O) groups excluding carboxylic acids is 2. The number of ether oxygens (including phenoxy) is 2. The van der Waals surface area contributed by atoms with E-state index >= 15 is 0 Å². The molecule has 2 fully saturated rings. The van der Waals surface area contributed by atoms with Crippen LogP contribution in [0.2, 0.25) is 0 Å². The van der Waals surface area contributed by atoms with Gasteiger partial charge in [0.15, 0.2) is 5.41 Å². The Morgan fingerprint density at radius 3 is 1.14 bits per heavy atom. The first kappa shape index (κ1) is 24.1. The molecule has 0 aromatic rings. The Hall–Kier alpha value is -1.14. The van der Waals surface area contributed by atoms with Gasteiger partial charge in [0.2, 0.25) is 0 Å². The summed E-state index contributed by atoms with van der Waals surface area (Å²) in [6.07, 6.45) is 2.40. The normalized spacial score (nSPS) is 26.6. The van der Waals surface area contributed by atoms with Crippen molar-refractivity contribution in [2.24, 2.45) is 5.41 Å². The fourth-order valence-corrected chi connectivity index (χ4v) is 5.30. The Kier molecular flexibility index (Phi) is 6.26. The van der Waals surface area contributed by atoms with Gasteiger partial charge in [0.1, 0.15) is 12.2 Å². The molecule has 2 heterocycles. The summed E-state index contributed by atoms with van der Waals surface area (Å²) in [4.78, 5) is 25.9. The number of rotatable bonds is 4. The van der Waals surface area contributed by atoms with Crippen LogP contribution in [0.3, 0.4) is 0 Å². The first-order valence-electron chi connectivity index (χ1n) is 10.8. The standard InChI is InChI=1S/C23H42N2O4/c1-19(2)11-15(12-20(3,4)24-19)28-17(26)23(9,10)18(27)29-16-13-21(5,6)25-22(7,8)14-16/h15-16,24-25H,11-14H2,1-10H3. The zero-order chi connectivity index (χ0) is 22.5. The van der Waals surface area contributed by atoms with Gasteiger partial charge >= 0.3 is 11.9 Å². The Balaban J connectivity index is 2.03. The summed E-state index contributed by atoms with van der Waals surface area (Å²) in [5, 5.41) is 7.15. The maximum absolute atomic E-state index is 12.9. The lowest BCUT2D eigenvalue weighted by Crippen LogP contribution is -2.60. The second-order valence-electron chi connectivity index (χ2n) is 12.3. The van der Waals surface area contributed by atoms with E-state index in [9.17, 15) is 9.59 Å². The average Bonchev–Trinajstić information content (AvgIpc) is 2.39. The molecule has 2 aliphatic rings. The first-order chi connectivity index (χ1) is 12.8. The number of hydrogen-bond acceptors (Lipinski definition) is 6. The van der Waals surface area contributed by atoms with Gasteiger partial charge in [-0.1, -0.05) is 0 Å². The molecular formula is C23H42N2O4. The van der Waals surface area contributed by atoms with Crippen LogP contribution in [0.25, 0.3) is 0 Å². The van der Waals surface area contributed by atoms with Crippen LogP contribution in [0.15, 0.2) is 0 Å². The van der Waals surface area contributed by atoms with Crippen LogP contribution in [-0.2, 0) is 19.1 Å². The highest BCUT2D eigenvalue weighted by atomic mass is 16.6. The van der Waals surface area contributed by atoms with Gasteiger partial charge in [-0.05, 0) is 69.2 Å². The summed E-state index contributed by atoms with van der Waals surface area (Å²) in [5.41, 5.74) is -1.88. The van der Waals surface area contributed by atoms with Gasteiger partial charge in [-0.25, -0.2) is 0 Å². The monoisotopic (exact) mass is 410 g/mol. The molecule has 0 amide bonds. The van der Waals surface area contributed by atoms with Crippen LogP contribution in [-0.4, -0.2) is 46.3 Å². The molecule has 29 heavy (non-hydrogen) atoms. The second kappa shape index (κ2) is 7.52. The van der Waals surface area contributed by atoms with Crippen molar-refractivity contribution in [3.63, 3.8) is 0 Å². The van der Waals surface area contributed by atoms with Crippen LogP contribution in [0.4, 0.5) is 0 Å². The summed E-state index contributed by atoms with van der Waals surface area (Å²) in [6.45, 7) is 20.1. The number of hydrogen-bond donors (Lipinski definition) is 2. The van der Waals surface area contributed by atoms with Crippen molar-refractivity contribution in [2.75, 3.05) is 0 Å². The second-order valence-corrected chi connectivity index (χ2v) is 12.3. The molecule has 0 bridgehead atoms. The van der Waals surface area contributed by atoms with Crippen molar-refractivity contribution in [3.05, 3.63) is 0 Å². The molecule has 0 aliphatic carbocycles. The fourth-order valence-electron chi connectivity index (χ4n) is 5.30. The van der Waals surface area contributed by atoms with Gasteiger partial charge in [0.05, 0.1) is 0 Å². The lowest BCUT2D eigenvalue weighted by atomic mass is 9.80. The highest BCUT2D eigenvalue weighted by molar-refractivity contribution is 5.99. The van der Waals surface area contributed by atoms with Crippen molar-refractivity contribution in [1.29, 1.82) is 0 Å². The van der Waals surface area contributed by atoms with E-state index in [1.54, 1.807) is 13.8 Å². The SMILES string of the molecule is CC1(C)CC(OC(=O)C(C)(C)C(=O)OC2CC(C)(C)NC(C)(C)C2)CC(C)(C)N1. The minimum absolute atomic E-state index is 0.135. The third-order valence-corrected chi connectivity index (χ3v) is 5.87. The zero-order valence-electron chi connectivity index (χ0n) is 20.1. The Bertz CT molecular complexity index is 563. The lowest BCUT2D eigenvalue weighted by Gasteiger charge is -2.46. The molecule has 168 valence electrons. The molecule has 0 aromatic carbocycles. The molecule has 2 aliphatic heterocycles. The van der Waals surface area contributed by atoms with E-state index in [4.69, 9.17) is 9.47 Å². The van der Waals surface area contributed by atoms with Gasteiger partial charge in [-0.3, -0.25) is 9.59 Å². The quantitative estimate of drug-likeness (QED) is 0.543. The van der Waals surface area contributed by atoms with E-state index in [0.717, 1.165) is 0 Å². The molecule has 0 saturated carbocycles. The van der Waals surface area contributed by atoms with Crippen LogP contribution >= 0.6 is 0 Å². The average molecular weight is 411 g/mol. The molecule has 0 unspecified atom stereocenters. The number of esters is 2. The summed E-state index contributed by atoms with van der Waals surface area (Å²) in [6, 6.07) is 0. The maximum atomic E-state index is 12.9. The molecule has 0 radical (unpaired) electrons. The molecular weight excluding hydrogens is 368 g/mol. The number of carbonyl (C=O) groups is 2. The molecule has 2 saturated heterocycles. The van der Waals surface area contributed by atoms with E-state index in [2.05, 4.69) is 66.0 Å². The molecule has 6 heteroatoms. The molecule has 2 rings (SSSR count). The number of nitrogens with one attached hydrogen (secondary N) is 2. The minimum atomic E-state index is -1.33. The van der Waals surface area contributed by atoms with Crippen molar-refractivity contribution >= 4 is 11.9 Å². The summed E-state index contributed by atoms with van der Waals surface area (Å²) < 4.78 is 11.7. The smallest absolute Gasteiger partial charge is 0.323 e. The zero-order valence-corrected chi connectivity index (χ0v) is 20.1. The topological polar surface area (TPSA) is 76.7 Å². The molecule has 2 N–H and O–H groups in total. The summed E-state index contributed by atoms with van der Waals surface area (Å²) in [7, 11) is 0. The van der Waals surface area contributed by atoms with Crippen molar-refractivity contribution in [2.45, 2.75) is 129 Å². The van der Waals surface area contributed by atoms with E-state index in [1.807, 2.05) is 0 Å². The summed E-state index contributed by atoms with van der Waals surface area (Å²) >= 11 is 0. The summed E-state index contributed by atoms with van der Waals surface area (Å²) in [5.74, 6) is -1.01. The van der Waals surface area contributed by atoms with Crippen LogP contribution < -0.4 is 10.6 Å². The van der Waals surface area contributed by atoms with E-state index < -0.39 is 17.4 Å². The van der Waals surface area contributed by atoms with Crippen LogP contribution in [0.1, 0.15) is 94.9 Å². The predicted octanol–water partition coefficient (Wildman–Crippen LogP) is 3.72. The molecule has 0 aromatic heterocycles. The Labute approximate surface area is 176 Å². The third-order valence-electron chi connectivity index (χ3n) is 5.87. The van der Waals surface area contributed by atoms with Gasteiger partial charge in [0, 0.05) is 47.8 Å². The van der Waals surface area contributed by atoms with Gasteiger partial charge in [0.25, 0.3) is 0 Å². The van der Waals surface area contributed by atoms with Crippen molar-refractivity contribution in [1.82, 2.24) is 10.6 Å². The first-order valence-corrected chi connectivity index (χ1v) is 10.8. The highest BCUT2D eigenvalue weighted by Gasteiger charge is 2.46. The minimum Gasteiger partial charge on any atom is -0.461 e. The van der Waals surface area contributed by atoms with Crippen molar-refractivity contribution < 1.29 is 19.1 Å². The van der Waals surface area contributed by atoms with Crippen LogP contribution in [0, 0.1) is 5.41 Å². The third kappa shape index (κ3) is 6.42. The fraction of sp³-hybridized carbons (Fsp3) is 0.913. The molecule has 0 atom stereocenters. The van der Waals surface area contributed by atoms with Gasteiger partial charge < -0.3 is 20.1 Å². The van der Waals surface area contributed by atoms with Crippen molar-refractivity contribution in [3.8, 4) is 0 Å². The maximum Gasteiger partial charge on any atom is 0.323 e. The van der Waals surface area contributed by atoms with E-state index in [0.29, 0.717) is 25.7 Å². The molecule has 6 nitrogen and oxygen atoms in total. The van der Waals surface area contributed by atoms with E-state index in [-0.39, 0.29) is 34.4 Å². The largest absolute Gasteiger partial charge is 0.461 e. The predicted molar refractivity (Wildman–Crippen MR) is 115 cm³/mol. The van der Waals surface area contributed by atoms with E-state index in [1.165, 1.54) is 0 Å². The Morgan fingerprint density at radius 1 is 0.655 bits per heavy atom. The Morgan fingerprint density at radius 2 is 0.897 bits per heavy atom.